The van der Waals surface area contributed by atoms with Gasteiger partial charge in [-0.1, -0.05) is 66.7 Å². The van der Waals surface area contributed by atoms with Crippen LogP contribution >= 0.6 is 0 Å². The second-order valence-corrected chi connectivity index (χ2v) is 4.98. The average molecular weight is 284 g/mol. The fourth-order valence-electron chi connectivity index (χ4n) is 2.54. The third-order valence-corrected chi connectivity index (χ3v) is 3.56. The maximum absolute atomic E-state index is 9.78. The van der Waals surface area contributed by atoms with Gasteiger partial charge in [0.25, 0.3) is 0 Å². The Balaban J connectivity index is 2.11. The number of hydrogen-bond acceptors (Lipinski definition) is 2. The molecule has 0 aliphatic carbocycles. The minimum absolute atomic E-state index is 0.369. The van der Waals surface area contributed by atoms with Gasteiger partial charge in [0.2, 0.25) is 0 Å². The van der Waals surface area contributed by atoms with Crippen LogP contribution in [0.4, 0.5) is 11.4 Å². The average Bonchev–Trinajstić information content (AvgIpc) is 2.62. The lowest BCUT2D eigenvalue weighted by Crippen LogP contribution is -2.22. The summed E-state index contributed by atoms with van der Waals surface area (Å²) in [5, 5.41) is 9.78. The van der Waals surface area contributed by atoms with Gasteiger partial charge in [-0.15, -0.1) is 0 Å². The van der Waals surface area contributed by atoms with Crippen molar-refractivity contribution in [2.45, 2.75) is 6.04 Å². The number of anilines is 2. The molecule has 0 amide bonds. The number of nitriles is 1. The molecule has 0 aromatic heterocycles. The number of benzene rings is 3. The largest absolute Gasteiger partial charge is 0.321 e. The first kappa shape index (κ1) is 13.9. The van der Waals surface area contributed by atoms with Gasteiger partial charge >= 0.3 is 0 Å². The van der Waals surface area contributed by atoms with Gasteiger partial charge in [-0.3, -0.25) is 0 Å². The first-order chi connectivity index (χ1) is 10.9. The Hall–Kier alpha value is -3.05. The van der Waals surface area contributed by atoms with Crippen LogP contribution in [-0.2, 0) is 0 Å². The maximum atomic E-state index is 9.78. The van der Waals surface area contributed by atoms with Gasteiger partial charge in [-0.2, -0.15) is 5.26 Å². The van der Waals surface area contributed by atoms with Gasteiger partial charge in [0.1, 0.15) is 6.04 Å². The number of rotatable bonds is 4. The normalized spacial score (nSPS) is 11.4. The van der Waals surface area contributed by atoms with E-state index in [9.17, 15) is 5.26 Å². The summed E-state index contributed by atoms with van der Waals surface area (Å²) in [4.78, 5) is 2.06. The van der Waals surface area contributed by atoms with Crippen LogP contribution in [0.5, 0.6) is 0 Å². The van der Waals surface area contributed by atoms with E-state index < -0.39 is 0 Å². The van der Waals surface area contributed by atoms with Crippen LogP contribution in [0.25, 0.3) is 0 Å². The zero-order valence-electron chi connectivity index (χ0n) is 12.1. The summed E-state index contributed by atoms with van der Waals surface area (Å²) in [6.45, 7) is 0. The van der Waals surface area contributed by atoms with Gasteiger partial charge in [0, 0.05) is 11.4 Å². The second-order valence-electron chi connectivity index (χ2n) is 4.98. The molecule has 0 aliphatic heterocycles. The molecule has 3 aromatic carbocycles. The summed E-state index contributed by atoms with van der Waals surface area (Å²) < 4.78 is 0. The molecule has 1 atom stereocenters. The molecule has 0 heterocycles. The molecule has 106 valence electrons. The summed E-state index contributed by atoms with van der Waals surface area (Å²) in [6, 6.07) is 32.0. The van der Waals surface area contributed by atoms with E-state index in [1.807, 2.05) is 91.0 Å². The fraction of sp³-hybridized carbons (Fsp3) is 0.0500. The quantitative estimate of drug-likeness (QED) is 0.667. The van der Waals surface area contributed by atoms with E-state index in [-0.39, 0.29) is 6.04 Å². The van der Waals surface area contributed by atoms with Crippen LogP contribution in [0.3, 0.4) is 0 Å². The Morgan fingerprint density at radius 1 is 0.636 bits per heavy atom. The minimum atomic E-state index is -0.369. The van der Waals surface area contributed by atoms with E-state index >= 15 is 0 Å². The van der Waals surface area contributed by atoms with E-state index in [4.69, 9.17) is 0 Å². The van der Waals surface area contributed by atoms with Crippen molar-refractivity contribution in [2.24, 2.45) is 0 Å². The van der Waals surface area contributed by atoms with E-state index in [0.29, 0.717) is 0 Å². The van der Waals surface area contributed by atoms with Crippen molar-refractivity contribution in [3.8, 4) is 6.07 Å². The van der Waals surface area contributed by atoms with Crippen LogP contribution in [0.15, 0.2) is 91.0 Å². The summed E-state index contributed by atoms with van der Waals surface area (Å²) in [5.41, 5.74) is 2.99. The Morgan fingerprint density at radius 3 is 1.45 bits per heavy atom. The van der Waals surface area contributed by atoms with Gasteiger partial charge < -0.3 is 4.90 Å². The predicted molar refractivity (Wildman–Crippen MR) is 89.8 cm³/mol. The smallest absolute Gasteiger partial charge is 0.146 e. The van der Waals surface area contributed by atoms with Crippen molar-refractivity contribution in [1.29, 1.82) is 5.26 Å². The van der Waals surface area contributed by atoms with Crippen LogP contribution in [0, 0.1) is 11.3 Å². The lowest BCUT2D eigenvalue weighted by atomic mass is 10.0. The monoisotopic (exact) mass is 284 g/mol. The van der Waals surface area contributed by atoms with Crippen molar-refractivity contribution in [3.05, 3.63) is 96.6 Å². The molecule has 2 heteroatoms. The van der Waals surface area contributed by atoms with Crippen LogP contribution < -0.4 is 4.90 Å². The van der Waals surface area contributed by atoms with E-state index in [2.05, 4.69) is 11.0 Å². The molecular weight excluding hydrogens is 268 g/mol. The van der Waals surface area contributed by atoms with Crippen molar-refractivity contribution >= 4 is 11.4 Å². The van der Waals surface area contributed by atoms with Gasteiger partial charge in [-0.05, 0) is 29.8 Å². The molecule has 0 aliphatic rings. The van der Waals surface area contributed by atoms with E-state index in [0.717, 1.165) is 16.9 Å². The molecule has 1 unspecified atom stereocenters. The summed E-state index contributed by atoms with van der Waals surface area (Å²) >= 11 is 0. The molecule has 0 fully saturated rings. The van der Waals surface area contributed by atoms with E-state index in [1.54, 1.807) is 0 Å². The molecule has 22 heavy (non-hydrogen) atoms. The summed E-state index contributed by atoms with van der Waals surface area (Å²) in [7, 11) is 0. The zero-order chi connectivity index (χ0) is 15.2. The molecule has 3 aromatic rings. The first-order valence-electron chi connectivity index (χ1n) is 7.24. The Labute approximate surface area is 130 Å². The van der Waals surface area contributed by atoms with Crippen LogP contribution in [0.2, 0.25) is 0 Å². The lowest BCUT2D eigenvalue weighted by Gasteiger charge is -2.29. The molecule has 0 spiro atoms. The molecule has 3 rings (SSSR count). The SMILES string of the molecule is N#CC(c1ccccc1)N(c1ccccc1)c1ccccc1. The summed E-state index contributed by atoms with van der Waals surface area (Å²) in [5.74, 6) is 0. The molecule has 0 bridgehead atoms. The van der Waals surface area contributed by atoms with Crippen molar-refractivity contribution < 1.29 is 0 Å². The number of para-hydroxylation sites is 2. The van der Waals surface area contributed by atoms with Crippen molar-refractivity contribution in [3.63, 3.8) is 0 Å². The van der Waals surface area contributed by atoms with E-state index in [1.165, 1.54) is 0 Å². The second kappa shape index (κ2) is 6.60. The number of nitrogens with zero attached hydrogens (tertiary/aromatic N) is 2. The molecule has 0 radical (unpaired) electrons. The predicted octanol–water partition coefficient (Wildman–Crippen LogP) is 5.09. The zero-order valence-corrected chi connectivity index (χ0v) is 12.1. The van der Waals surface area contributed by atoms with Gasteiger partial charge in [-0.25, -0.2) is 0 Å². The Kier molecular flexibility index (Phi) is 4.17. The Morgan fingerprint density at radius 2 is 1.05 bits per heavy atom. The molecule has 0 saturated heterocycles. The summed E-state index contributed by atoms with van der Waals surface area (Å²) in [6.07, 6.45) is 0. The standard InChI is InChI=1S/C20H16N2/c21-16-20(17-10-4-1-5-11-17)22(18-12-6-2-7-13-18)19-14-8-3-9-15-19/h1-15,20H. The van der Waals surface area contributed by atoms with Crippen molar-refractivity contribution in [1.82, 2.24) is 0 Å². The van der Waals surface area contributed by atoms with Crippen LogP contribution in [0.1, 0.15) is 11.6 Å². The highest BCUT2D eigenvalue weighted by atomic mass is 15.2. The highest BCUT2D eigenvalue weighted by molar-refractivity contribution is 5.66. The molecule has 0 N–H and O–H groups in total. The highest BCUT2D eigenvalue weighted by Crippen LogP contribution is 2.34. The fourth-order valence-corrected chi connectivity index (χ4v) is 2.54. The topological polar surface area (TPSA) is 27.0 Å². The third kappa shape index (κ3) is 2.84. The first-order valence-corrected chi connectivity index (χ1v) is 7.24. The molecule has 2 nitrogen and oxygen atoms in total. The maximum Gasteiger partial charge on any atom is 0.146 e. The van der Waals surface area contributed by atoms with Crippen molar-refractivity contribution in [2.75, 3.05) is 4.90 Å². The minimum Gasteiger partial charge on any atom is -0.321 e. The van der Waals surface area contributed by atoms with Gasteiger partial charge in [0.15, 0.2) is 0 Å². The third-order valence-electron chi connectivity index (χ3n) is 3.56. The number of hydrogen-bond donors (Lipinski definition) is 0. The lowest BCUT2D eigenvalue weighted by molar-refractivity contribution is 0.864. The molecule has 0 saturated carbocycles. The van der Waals surface area contributed by atoms with Gasteiger partial charge in [0.05, 0.1) is 6.07 Å². The Bertz CT molecular complexity index is 706. The van der Waals surface area contributed by atoms with Crippen LogP contribution in [-0.4, -0.2) is 0 Å². The highest BCUT2D eigenvalue weighted by Gasteiger charge is 2.21. The molecular formula is C20H16N2.